The van der Waals surface area contributed by atoms with E-state index in [0.29, 0.717) is 5.56 Å². The molecular weight excluding hydrogens is 456 g/mol. The van der Waals surface area contributed by atoms with Gasteiger partial charge in [0, 0.05) is 34.7 Å². The van der Waals surface area contributed by atoms with E-state index < -0.39 is 75.6 Å². The first-order valence-corrected chi connectivity index (χ1v) is 12.3. The molecular formula is C26H32O9. The number of cyclic esters (lactones) is 2. The Morgan fingerprint density at radius 1 is 1.00 bits per heavy atom. The van der Waals surface area contributed by atoms with Gasteiger partial charge in [0.15, 0.2) is 6.10 Å². The van der Waals surface area contributed by atoms with Gasteiger partial charge in [-0.1, -0.05) is 13.8 Å². The molecule has 2 aliphatic carbocycles. The molecule has 9 nitrogen and oxygen atoms in total. The van der Waals surface area contributed by atoms with Crippen molar-refractivity contribution in [1.82, 2.24) is 0 Å². The highest BCUT2D eigenvalue weighted by atomic mass is 16.7. The van der Waals surface area contributed by atoms with Gasteiger partial charge in [-0.25, -0.2) is 4.79 Å². The Bertz CT molecular complexity index is 1130. The number of aliphatic hydroxyl groups excluding tert-OH is 2. The summed E-state index contributed by atoms with van der Waals surface area (Å²) in [6.07, 6.45) is -0.973. The third-order valence-corrected chi connectivity index (χ3v) is 10.4. The minimum absolute atomic E-state index is 0.0207. The van der Waals surface area contributed by atoms with Crippen LogP contribution >= 0.6 is 0 Å². The Kier molecular flexibility index (Phi) is 4.34. The van der Waals surface area contributed by atoms with Gasteiger partial charge in [0.1, 0.15) is 23.1 Å². The number of carbonyl (C=O) groups excluding carboxylic acids is 3. The molecule has 3 saturated heterocycles. The summed E-state index contributed by atoms with van der Waals surface area (Å²) in [5.41, 5.74) is -4.94. The predicted octanol–water partition coefficient (Wildman–Crippen LogP) is 2.09. The third-order valence-electron chi connectivity index (χ3n) is 10.4. The molecule has 0 radical (unpaired) electrons. The molecule has 190 valence electrons. The molecule has 9 heteroatoms. The van der Waals surface area contributed by atoms with E-state index in [4.69, 9.17) is 18.6 Å². The number of hydrogen-bond acceptors (Lipinski definition) is 9. The molecule has 0 aromatic carbocycles. The maximum absolute atomic E-state index is 14.2. The number of epoxide rings is 1. The number of esters is 2. The molecule has 6 rings (SSSR count). The van der Waals surface area contributed by atoms with E-state index in [-0.39, 0.29) is 25.0 Å². The maximum Gasteiger partial charge on any atom is 0.339 e. The lowest BCUT2D eigenvalue weighted by molar-refractivity contribution is -0.257. The summed E-state index contributed by atoms with van der Waals surface area (Å²) in [6, 6.07) is 1.71. The van der Waals surface area contributed by atoms with E-state index in [0.717, 1.165) is 0 Å². The lowest BCUT2D eigenvalue weighted by Gasteiger charge is -2.67. The van der Waals surface area contributed by atoms with E-state index in [2.05, 4.69) is 0 Å². The largest absolute Gasteiger partial charge is 0.472 e. The molecule has 3 aliphatic heterocycles. The van der Waals surface area contributed by atoms with Crippen LogP contribution < -0.4 is 0 Å². The van der Waals surface area contributed by atoms with Crippen molar-refractivity contribution in [2.75, 3.05) is 0 Å². The van der Waals surface area contributed by atoms with E-state index >= 15 is 0 Å². The highest BCUT2D eigenvalue weighted by Crippen LogP contribution is 2.78. The first-order chi connectivity index (χ1) is 16.2. The van der Waals surface area contributed by atoms with Gasteiger partial charge in [0.05, 0.1) is 36.6 Å². The third kappa shape index (κ3) is 2.42. The van der Waals surface area contributed by atoms with Gasteiger partial charge in [0.2, 0.25) is 0 Å². The SMILES string of the molecule is CC1(C)OC(=O)C[C@@H](O)[C@]2(C)C3[C@H](O)C[C@@]4(C)[C@@H](c5ccoc5)OC(=O)[C@@H]5O[C@]54[C@]3(C)C(=O)C[C@@H]12. The zero-order chi connectivity index (χ0) is 25.3. The van der Waals surface area contributed by atoms with Crippen molar-refractivity contribution in [2.24, 2.45) is 28.1 Å². The lowest BCUT2D eigenvalue weighted by atomic mass is 9.36. The first kappa shape index (κ1) is 23.2. The van der Waals surface area contributed by atoms with Gasteiger partial charge in [-0.3, -0.25) is 9.59 Å². The van der Waals surface area contributed by atoms with Crippen LogP contribution in [0.4, 0.5) is 0 Å². The number of carbonyl (C=O) groups is 3. The van der Waals surface area contributed by atoms with Crippen molar-refractivity contribution in [2.45, 2.75) is 89.5 Å². The normalized spacial score (nSPS) is 52.1. The first-order valence-electron chi connectivity index (χ1n) is 12.3. The fourth-order valence-corrected chi connectivity index (χ4v) is 9.05. The van der Waals surface area contributed by atoms with Crippen LogP contribution in [0.2, 0.25) is 0 Å². The summed E-state index contributed by atoms with van der Waals surface area (Å²) in [7, 11) is 0. The number of fused-ring (bicyclic) bond motifs is 3. The molecule has 5 fully saturated rings. The van der Waals surface area contributed by atoms with Crippen LogP contribution in [0, 0.1) is 28.1 Å². The van der Waals surface area contributed by atoms with Gasteiger partial charge in [-0.2, -0.15) is 0 Å². The Hall–Kier alpha value is -2.23. The van der Waals surface area contributed by atoms with Crippen LogP contribution in [0.5, 0.6) is 0 Å². The van der Waals surface area contributed by atoms with Crippen LogP contribution in [-0.4, -0.2) is 57.4 Å². The average Bonchev–Trinajstić information content (AvgIpc) is 3.34. The number of furan rings is 1. The predicted molar refractivity (Wildman–Crippen MR) is 117 cm³/mol. The zero-order valence-corrected chi connectivity index (χ0v) is 20.6. The average molecular weight is 489 g/mol. The van der Waals surface area contributed by atoms with Crippen LogP contribution in [0.1, 0.15) is 65.5 Å². The Balaban J connectivity index is 1.56. The Morgan fingerprint density at radius 3 is 2.37 bits per heavy atom. The smallest absolute Gasteiger partial charge is 0.339 e. The van der Waals surface area contributed by atoms with Gasteiger partial charge in [0.25, 0.3) is 0 Å². The Morgan fingerprint density at radius 2 is 1.71 bits per heavy atom. The van der Waals surface area contributed by atoms with Crippen LogP contribution in [0.25, 0.3) is 0 Å². The molecule has 10 atom stereocenters. The van der Waals surface area contributed by atoms with Crippen LogP contribution in [0.15, 0.2) is 23.0 Å². The topological polar surface area (TPSA) is 136 Å². The molecule has 2 N–H and O–H groups in total. The summed E-state index contributed by atoms with van der Waals surface area (Å²) in [6.45, 7) is 9.01. The second kappa shape index (κ2) is 6.55. The van der Waals surface area contributed by atoms with E-state index in [1.807, 2.05) is 13.8 Å². The highest BCUT2D eigenvalue weighted by molar-refractivity contribution is 5.93. The number of hydrogen-bond donors (Lipinski definition) is 2. The summed E-state index contributed by atoms with van der Waals surface area (Å²) >= 11 is 0. The molecule has 1 aromatic rings. The molecule has 1 unspecified atom stereocenters. The number of rotatable bonds is 1. The van der Waals surface area contributed by atoms with E-state index in [1.54, 1.807) is 26.8 Å². The van der Waals surface area contributed by atoms with Crippen molar-refractivity contribution < 1.29 is 43.2 Å². The van der Waals surface area contributed by atoms with Crippen molar-refractivity contribution in [1.29, 1.82) is 0 Å². The minimum Gasteiger partial charge on any atom is -0.472 e. The van der Waals surface area contributed by atoms with E-state index in [1.165, 1.54) is 12.5 Å². The summed E-state index contributed by atoms with van der Waals surface area (Å²) < 4.78 is 23.0. The van der Waals surface area contributed by atoms with Crippen molar-refractivity contribution in [3.63, 3.8) is 0 Å². The number of Topliss-reactive ketones (excluding diaryl/α,β-unsaturated/α-hetero) is 1. The van der Waals surface area contributed by atoms with Crippen molar-refractivity contribution in [3.8, 4) is 0 Å². The fraction of sp³-hybridized carbons (Fsp3) is 0.731. The van der Waals surface area contributed by atoms with Gasteiger partial charge < -0.3 is 28.8 Å². The highest BCUT2D eigenvalue weighted by Gasteiger charge is 2.90. The quantitative estimate of drug-likeness (QED) is 0.450. The molecule has 1 spiro atoms. The zero-order valence-electron chi connectivity index (χ0n) is 20.6. The van der Waals surface area contributed by atoms with E-state index in [9.17, 15) is 24.6 Å². The monoisotopic (exact) mass is 488 g/mol. The maximum atomic E-state index is 14.2. The molecule has 4 heterocycles. The summed E-state index contributed by atoms with van der Waals surface area (Å²) in [5, 5.41) is 23.3. The molecule has 0 bridgehead atoms. The molecule has 1 aromatic heterocycles. The van der Waals surface area contributed by atoms with Crippen molar-refractivity contribution in [3.05, 3.63) is 24.2 Å². The van der Waals surface area contributed by atoms with Crippen LogP contribution in [0.3, 0.4) is 0 Å². The summed E-state index contributed by atoms with van der Waals surface area (Å²) in [4.78, 5) is 39.9. The van der Waals surface area contributed by atoms with Gasteiger partial charge in [-0.05, 0) is 33.3 Å². The second-order valence-corrected chi connectivity index (χ2v) is 12.3. The Labute approximate surface area is 203 Å². The molecule has 2 saturated carbocycles. The standard InChI is InChI=1S/C26H32O9/c1-22(2)14-8-16(29)25(5)18(24(14,4)15(28)9-17(30)34-22)13(27)10-23(3)19(12-6-7-32-11-12)33-21(31)20-26(23,25)35-20/h6-7,11,13-15,18-20,27-28H,8-10H2,1-5H3/t13-,14+,15-,18?,19-,20+,23+,24-,25-,26-/m1/s1. The number of ketones is 1. The lowest BCUT2D eigenvalue weighted by Crippen LogP contribution is -2.75. The fourth-order valence-electron chi connectivity index (χ4n) is 9.05. The minimum atomic E-state index is -1.32. The van der Waals surface area contributed by atoms with Gasteiger partial charge in [-0.15, -0.1) is 0 Å². The van der Waals surface area contributed by atoms with Crippen LogP contribution in [-0.2, 0) is 28.6 Å². The molecule has 5 aliphatic rings. The second-order valence-electron chi connectivity index (χ2n) is 12.3. The van der Waals surface area contributed by atoms with Gasteiger partial charge >= 0.3 is 11.9 Å². The van der Waals surface area contributed by atoms with Crippen molar-refractivity contribution >= 4 is 17.7 Å². The molecule has 35 heavy (non-hydrogen) atoms. The molecule has 0 amide bonds. The number of aliphatic hydroxyl groups is 2. The summed E-state index contributed by atoms with van der Waals surface area (Å²) in [5.74, 6) is -2.57. The number of ether oxygens (including phenoxy) is 3.